The second kappa shape index (κ2) is 5.80. The summed E-state index contributed by atoms with van der Waals surface area (Å²) in [6, 6.07) is 0.0214. The predicted molar refractivity (Wildman–Crippen MR) is 71.9 cm³/mol. The van der Waals surface area contributed by atoms with Crippen molar-refractivity contribution in [3.8, 4) is 0 Å². The molecule has 108 valence electrons. The van der Waals surface area contributed by atoms with Gasteiger partial charge in [0.05, 0.1) is 0 Å². The van der Waals surface area contributed by atoms with E-state index in [1.54, 1.807) is 0 Å². The molecule has 1 aliphatic carbocycles. The summed E-state index contributed by atoms with van der Waals surface area (Å²) in [6.07, 6.45) is 5.31. The molecule has 0 spiro atoms. The summed E-state index contributed by atoms with van der Waals surface area (Å²) >= 11 is 0. The first-order valence-corrected chi connectivity index (χ1v) is 7.23. The number of carboxylic acids is 1. The number of nitrogens with zero attached hydrogens (tertiary/aromatic N) is 1. The Labute approximate surface area is 114 Å². The molecule has 0 aromatic carbocycles. The molecule has 0 aromatic heterocycles. The molecule has 5 heteroatoms. The third-order valence-electron chi connectivity index (χ3n) is 4.34. The van der Waals surface area contributed by atoms with Gasteiger partial charge in [0.1, 0.15) is 0 Å². The summed E-state index contributed by atoms with van der Waals surface area (Å²) in [4.78, 5) is 24.5. The fraction of sp³-hybridized carbons (Fsp3) is 0.857. The third-order valence-corrected chi connectivity index (χ3v) is 4.34. The monoisotopic (exact) mass is 268 g/mol. The zero-order chi connectivity index (χ0) is 13.9. The van der Waals surface area contributed by atoms with E-state index >= 15 is 0 Å². The lowest BCUT2D eigenvalue weighted by Crippen LogP contribution is -2.46. The molecule has 5 nitrogen and oxygen atoms in total. The van der Waals surface area contributed by atoms with Gasteiger partial charge in [0, 0.05) is 26.1 Å². The van der Waals surface area contributed by atoms with Crippen molar-refractivity contribution in [2.24, 2.45) is 11.3 Å². The molecule has 0 radical (unpaired) electrons. The summed E-state index contributed by atoms with van der Waals surface area (Å²) in [7, 11) is 0. The molecule has 1 atom stereocenters. The van der Waals surface area contributed by atoms with Gasteiger partial charge in [-0.15, -0.1) is 0 Å². The molecule has 1 unspecified atom stereocenters. The molecule has 1 aliphatic heterocycles. The van der Waals surface area contributed by atoms with E-state index in [-0.39, 0.29) is 12.5 Å². The molecule has 2 amide bonds. The molecule has 0 bridgehead atoms. The maximum absolute atomic E-state index is 12.1. The van der Waals surface area contributed by atoms with Gasteiger partial charge in [0.2, 0.25) is 0 Å². The summed E-state index contributed by atoms with van der Waals surface area (Å²) < 4.78 is 0. The summed E-state index contributed by atoms with van der Waals surface area (Å²) in [6.45, 7) is 4.46. The number of piperidine rings is 1. The highest BCUT2D eigenvalue weighted by atomic mass is 16.4. The Morgan fingerprint density at radius 3 is 2.79 bits per heavy atom. The first kappa shape index (κ1) is 14.2. The van der Waals surface area contributed by atoms with Crippen LogP contribution in [-0.2, 0) is 4.79 Å². The molecule has 2 rings (SSSR count). The number of nitrogens with one attached hydrogen (secondary N) is 1. The Morgan fingerprint density at radius 1 is 1.42 bits per heavy atom. The van der Waals surface area contributed by atoms with E-state index in [0.29, 0.717) is 24.3 Å². The minimum atomic E-state index is -0.747. The zero-order valence-corrected chi connectivity index (χ0v) is 11.7. The molecular formula is C14H24N2O3. The van der Waals surface area contributed by atoms with E-state index in [0.717, 1.165) is 25.9 Å². The summed E-state index contributed by atoms with van der Waals surface area (Å²) in [5.41, 5.74) is 0.328. The van der Waals surface area contributed by atoms with Crippen LogP contribution in [0.4, 0.5) is 4.79 Å². The molecule has 0 aromatic rings. The topological polar surface area (TPSA) is 69.6 Å². The van der Waals surface area contributed by atoms with Crippen LogP contribution < -0.4 is 5.32 Å². The van der Waals surface area contributed by atoms with Crippen LogP contribution in [0.15, 0.2) is 0 Å². The minimum Gasteiger partial charge on any atom is -0.481 e. The largest absolute Gasteiger partial charge is 0.481 e. The van der Waals surface area contributed by atoms with Crippen LogP contribution >= 0.6 is 0 Å². The second-order valence-corrected chi connectivity index (χ2v) is 6.36. The Kier molecular flexibility index (Phi) is 4.32. The van der Waals surface area contributed by atoms with Crippen molar-refractivity contribution in [1.82, 2.24) is 10.2 Å². The number of hydrogen-bond acceptors (Lipinski definition) is 2. The van der Waals surface area contributed by atoms with E-state index in [1.807, 2.05) is 4.90 Å². The number of carboxylic acid groups (broad SMARTS) is 1. The van der Waals surface area contributed by atoms with Crippen LogP contribution in [0.3, 0.4) is 0 Å². The Balaban J connectivity index is 1.72. The molecule has 2 aliphatic rings. The number of likely N-dealkylation sites (tertiary alicyclic amines) is 1. The summed E-state index contributed by atoms with van der Waals surface area (Å²) in [5, 5.41) is 11.7. The standard InChI is InChI=1S/C14H24N2O3/c1-14(6-7-14)10-15-13(19)16-8-2-3-11(9-16)4-5-12(17)18/h11H,2-10H2,1H3,(H,15,19)(H,17,18). The van der Waals surface area contributed by atoms with Crippen molar-refractivity contribution in [2.75, 3.05) is 19.6 Å². The van der Waals surface area contributed by atoms with E-state index in [9.17, 15) is 9.59 Å². The van der Waals surface area contributed by atoms with E-state index in [1.165, 1.54) is 12.8 Å². The number of rotatable bonds is 5. The van der Waals surface area contributed by atoms with Gasteiger partial charge in [-0.2, -0.15) is 0 Å². The number of amides is 2. The van der Waals surface area contributed by atoms with Crippen LogP contribution in [0.5, 0.6) is 0 Å². The number of hydrogen-bond donors (Lipinski definition) is 2. The predicted octanol–water partition coefficient (Wildman–Crippen LogP) is 2.07. The van der Waals surface area contributed by atoms with Crippen LogP contribution in [0.1, 0.15) is 45.4 Å². The molecule has 2 N–H and O–H groups in total. The smallest absolute Gasteiger partial charge is 0.317 e. The van der Waals surface area contributed by atoms with E-state index < -0.39 is 5.97 Å². The van der Waals surface area contributed by atoms with Gasteiger partial charge in [-0.1, -0.05) is 6.92 Å². The van der Waals surface area contributed by atoms with E-state index in [4.69, 9.17) is 5.11 Å². The van der Waals surface area contributed by atoms with Crippen molar-refractivity contribution in [3.63, 3.8) is 0 Å². The molecule has 1 saturated carbocycles. The molecular weight excluding hydrogens is 244 g/mol. The maximum Gasteiger partial charge on any atom is 0.317 e. The van der Waals surface area contributed by atoms with Crippen LogP contribution in [-0.4, -0.2) is 41.6 Å². The van der Waals surface area contributed by atoms with Crippen molar-refractivity contribution in [2.45, 2.75) is 45.4 Å². The Bertz CT molecular complexity index is 353. The SMILES string of the molecule is CC1(CNC(=O)N2CCCC(CCC(=O)O)C2)CC1. The number of urea groups is 1. The van der Waals surface area contributed by atoms with Crippen molar-refractivity contribution in [1.29, 1.82) is 0 Å². The van der Waals surface area contributed by atoms with Crippen molar-refractivity contribution >= 4 is 12.0 Å². The lowest BCUT2D eigenvalue weighted by Gasteiger charge is -2.33. The molecule has 19 heavy (non-hydrogen) atoms. The molecule has 1 heterocycles. The quantitative estimate of drug-likeness (QED) is 0.802. The average molecular weight is 268 g/mol. The van der Waals surface area contributed by atoms with Gasteiger partial charge in [-0.3, -0.25) is 4.79 Å². The van der Waals surface area contributed by atoms with Gasteiger partial charge in [-0.05, 0) is 43.4 Å². The maximum atomic E-state index is 12.1. The van der Waals surface area contributed by atoms with Crippen LogP contribution in [0.2, 0.25) is 0 Å². The Hall–Kier alpha value is -1.26. The van der Waals surface area contributed by atoms with Gasteiger partial charge < -0.3 is 15.3 Å². The molecule has 2 fully saturated rings. The number of aliphatic carboxylic acids is 1. The second-order valence-electron chi connectivity index (χ2n) is 6.36. The van der Waals surface area contributed by atoms with Gasteiger partial charge in [0.25, 0.3) is 0 Å². The lowest BCUT2D eigenvalue weighted by molar-refractivity contribution is -0.137. The van der Waals surface area contributed by atoms with Crippen LogP contribution in [0.25, 0.3) is 0 Å². The highest BCUT2D eigenvalue weighted by Crippen LogP contribution is 2.44. The van der Waals surface area contributed by atoms with E-state index in [2.05, 4.69) is 12.2 Å². The van der Waals surface area contributed by atoms with Gasteiger partial charge in [-0.25, -0.2) is 4.79 Å². The first-order valence-electron chi connectivity index (χ1n) is 7.23. The van der Waals surface area contributed by atoms with Gasteiger partial charge in [0.15, 0.2) is 0 Å². The first-order chi connectivity index (χ1) is 8.98. The third kappa shape index (κ3) is 4.40. The fourth-order valence-corrected chi connectivity index (χ4v) is 2.60. The van der Waals surface area contributed by atoms with Gasteiger partial charge >= 0.3 is 12.0 Å². The fourth-order valence-electron chi connectivity index (χ4n) is 2.60. The minimum absolute atomic E-state index is 0.0214. The number of carbonyl (C=O) groups is 2. The molecule has 1 saturated heterocycles. The van der Waals surface area contributed by atoms with Crippen molar-refractivity contribution in [3.05, 3.63) is 0 Å². The highest BCUT2D eigenvalue weighted by molar-refractivity contribution is 5.74. The average Bonchev–Trinajstić information content (AvgIpc) is 3.12. The van der Waals surface area contributed by atoms with Crippen molar-refractivity contribution < 1.29 is 14.7 Å². The van der Waals surface area contributed by atoms with Crippen LogP contribution in [0, 0.1) is 11.3 Å². The normalized spacial score (nSPS) is 24.9. The number of carbonyl (C=O) groups excluding carboxylic acids is 1. The zero-order valence-electron chi connectivity index (χ0n) is 11.7. The highest BCUT2D eigenvalue weighted by Gasteiger charge is 2.37. The lowest BCUT2D eigenvalue weighted by atomic mass is 9.93. The summed E-state index contributed by atoms with van der Waals surface area (Å²) in [5.74, 6) is -0.407. The Morgan fingerprint density at radius 2 is 2.16 bits per heavy atom.